The van der Waals surface area contributed by atoms with Crippen LogP contribution in [0.15, 0.2) is 48.5 Å². The average Bonchev–Trinajstić information content (AvgIpc) is 2.78. The first kappa shape index (κ1) is 22.8. The van der Waals surface area contributed by atoms with Gasteiger partial charge in [0, 0.05) is 32.6 Å². The third kappa shape index (κ3) is 5.49. The molecule has 4 rings (SSSR count). The van der Waals surface area contributed by atoms with E-state index in [4.69, 9.17) is 21.1 Å². The van der Waals surface area contributed by atoms with Gasteiger partial charge < -0.3 is 19.7 Å². The molecule has 1 unspecified atom stereocenters. The third-order valence-corrected chi connectivity index (χ3v) is 6.39. The molecule has 1 saturated heterocycles. The number of fused-ring (bicyclic) bond motifs is 1. The summed E-state index contributed by atoms with van der Waals surface area (Å²) in [6.45, 7) is 5.11. The number of carbonyl (C=O) groups is 2. The van der Waals surface area contributed by atoms with Crippen molar-refractivity contribution in [2.24, 2.45) is 0 Å². The zero-order chi connectivity index (χ0) is 22.6. The normalized spacial score (nSPS) is 21.6. The molecule has 0 bridgehead atoms. The Hall–Kier alpha value is -2.41. The van der Waals surface area contributed by atoms with E-state index in [0.717, 1.165) is 38.9 Å². The van der Waals surface area contributed by atoms with Gasteiger partial charge in [0.15, 0.2) is 5.78 Å². The summed E-state index contributed by atoms with van der Waals surface area (Å²) in [4.78, 5) is 27.2. The summed E-state index contributed by atoms with van der Waals surface area (Å²) in [5.41, 5.74) is 1.14. The number of para-hydroxylation sites is 1. The molecule has 1 N–H and O–H groups in total. The summed E-state index contributed by atoms with van der Waals surface area (Å²) in [5.74, 6) is -0.386. The van der Waals surface area contributed by atoms with Crippen molar-refractivity contribution in [1.29, 1.82) is 0 Å². The van der Waals surface area contributed by atoms with E-state index in [1.54, 1.807) is 18.2 Å². The minimum atomic E-state index is -0.915. The number of hydrogen-bond donors (Lipinski definition) is 1. The summed E-state index contributed by atoms with van der Waals surface area (Å²) < 4.78 is 12.0. The van der Waals surface area contributed by atoms with Crippen LogP contribution in [0.3, 0.4) is 0 Å². The van der Waals surface area contributed by atoms with Gasteiger partial charge in [0.05, 0.1) is 29.2 Å². The van der Waals surface area contributed by atoms with E-state index in [1.807, 2.05) is 37.3 Å². The summed E-state index contributed by atoms with van der Waals surface area (Å²) in [6.07, 6.45) is 2.89. The molecule has 2 aliphatic rings. The molecule has 6 nitrogen and oxygen atoms in total. The molecule has 1 atom stereocenters. The summed E-state index contributed by atoms with van der Waals surface area (Å²) in [7, 11) is 0. The topological polar surface area (TPSA) is 67.9 Å². The molecule has 0 radical (unpaired) electrons. The van der Waals surface area contributed by atoms with Gasteiger partial charge in [0.1, 0.15) is 5.75 Å². The second kappa shape index (κ2) is 10.0. The number of hydrogen-bond acceptors (Lipinski definition) is 5. The first-order valence-corrected chi connectivity index (χ1v) is 11.5. The van der Waals surface area contributed by atoms with Crippen LogP contribution in [0.5, 0.6) is 5.75 Å². The first-order valence-electron chi connectivity index (χ1n) is 11.2. The molecule has 32 heavy (non-hydrogen) atoms. The van der Waals surface area contributed by atoms with E-state index >= 15 is 0 Å². The van der Waals surface area contributed by atoms with Crippen LogP contribution in [-0.4, -0.2) is 54.7 Å². The average molecular weight is 457 g/mol. The Labute approximate surface area is 193 Å². The first-order chi connectivity index (χ1) is 15.4. The minimum Gasteiger partial charge on any atom is -0.461 e. The highest BCUT2D eigenvalue weighted by molar-refractivity contribution is 6.33. The number of likely N-dealkylation sites (tertiary alicyclic amines) is 1. The number of nitrogens with one attached hydrogen (secondary N) is 1. The lowest BCUT2D eigenvalue weighted by molar-refractivity contribution is -0.171. The van der Waals surface area contributed by atoms with Gasteiger partial charge in [-0.3, -0.25) is 9.59 Å². The third-order valence-electron chi connectivity index (χ3n) is 6.06. The zero-order valence-corrected chi connectivity index (χ0v) is 19.1. The van der Waals surface area contributed by atoms with Crippen molar-refractivity contribution in [1.82, 2.24) is 10.2 Å². The zero-order valence-electron chi connectivity index (χ0n) is 18.3. The van der Waals surface area contributed by atoms with Gasteiger partial charge in [0.2, 0.25) is 5.79 Å². The lowest BCUT2D eigenvalue weighted by Crippen LogP contribution is -2.45. The number of halogens is 1. The van der Waals surface area contributed by atoms with Gasteiger partial charge in [-0.25, -0.2) is 0 Å². The Bertz CT molecular complexity index is 974. The lowest BCUT2D eigenvalue weighted by Gasteiger charge is -2.35. The number of Topliss-reactive ketones (excluding diaryl/α,β-unsaturated/α-hetero) is 1. The maximum Gasteiger partial charge on any atom is 0.253 e. The maximum absolute atomic E-state index is 12.4. The molecule has 7 heteroatoms. The SMILES string of the molecule is CC1(OCCCN2CCC(NC(=O)c3ccccc3Cl)CC2)CC(=O)c2ccccc2O1. The maximum atomic E-state index is 12.4. The summed E-state index contributed by atoms with van der Waals surface area (Å²) in [6, 6.07) is 14.6. The molecule has 0 aliphatic carbocycles. The Morgan fingerprint density at radius 1 is 1.19 bits per heavy atom. The molecule has 2 heterocycles. The lowest BCUT2D eigenvalue weighted by atomic mass is 9.99. The van der Waals surface area contributed by atoms with E-state index in [0.29, 0.717) is 28.5 Å². The molecule has 170 valence electrons. The highest BCUT2D eigenvalue weighted by atomic mass is 35.5. The van der Waals surface area contributed by atoms with Crippen LogP contribution in [0.4, 0.5) is 0 Å². The molecular formula is C25H29ClN2O4. The Morgan fingerprint density at radius 2 is 1.91 bits per heavy atom. The van der Waals surface area contributed by atoms with Crippen LogP contribution in [-0.2, 0) is 4.74 Å². The summed E-state index contributed by atoms with van der Waals surface area (Å²) in [5, 5.41) is 3.58. The fourth-order valence-corrected chi connectivity index (χ4v) is 4.53. The van der Waals surface area contributed by atoms with Gasteiger partial charge in [0.25, 0.3) is 5.91 Å². The second-order valence-corrected chi connectivity index (χ2v) is 9.01. The van der Waals surface area contributed by atoms with E-state index in [9.17, 15) is 9.59 Å². The number of benzene rings is 2. The van der Waals surface area contributed by atoms with Crippen LogP contribution >= 0.6 is 11.6 Å². The van der Waals surface area contributed by atoms with Crippen molar-refractivity contribution < 1.29 is 19.1 Å². The van der Waals surface area contributed by atoms with Crippen molar-refractivity contribution >= 4 is 23.3 Å². The predicted molar refractivity (Wildman–Crippen MR) is 123 cm³/mol. The van der Waals surface area contributed by atoms with E-state index < -0.39 is 5.79 Å². The molecule has 2 aliphatic heterocycles. The molecule has 2 aromatic carbocycles. The molecule has 1 amide bonds. The molecule has 2 aromatic rings. The van der Waals surface area contributed by atoms with E-state index in [-0.39, 0.29) is 24.2 Å². The Morgan fingerprint density at radius 3 is 2.69 bits per heavy atom. The monoisotopic (exact) mass is 456 g/mol. The highest BCUT2D eigenvalue weighted by Crippen LogP contribution is 2.33. The van der Waals surface area contributed by atoms with Crippen LogP contribution < -0.4 is 10.1 Å². The summed E-state index contributed by atoms with van der Waals surface area (Å²) >= 11 is 6.12. The van der Waals surface area contributed by atoms with E-state index in [2.05, 4.69) is 10.2 Å². The predicted octanol–water partition coefficient (Wildman–Crippen LogP) is 4.32. The van der Waals surface area contributed by atoms with Crippen LogP contribution in [0.25, 0.3) is 0 Å². The number of piperidine rings is 1. The largest absolute Gasteiger partial charge is 0.461 e. The van der Waals surface area contributed by atoms with Gasteiger partial charge in [-0.2, -0.15) is 0 Å². The highest BCUT2D eigenvalue weighted by Gasteiger charge is 2.37. The second-order valence-electron chi connectivity index (χ2n) is 8.60. The van der Waals surface area contributed by atoms with Crippen LogP contribution in [0, 0.1) is 0 Å². The van der Waals surface area contributed by atoms with Crippen molar-refractivity contribution in [3.63, 3.8) is 0 Å². The number of amides is 1. The molecule has 0 saturated carbocycles. The standard InChI is InChI=1S/C25H29ClN2O4/c1-25(17-22(29)20-8-3-5-10-23(20)32-25)31-16-6-13-28-14-11-18(12-15-28)27-24(30)19-7-2-4-9-21(19)26/h2-5,7-10,18H,6,11-17H2,1H3,(H,27,30). The fourth-order valence-electron chi connectivity index (χ4n) is 4.31. The van der Waals surface area contributed by atoms with Crippen LogP contribution in [0.1, 0.15) is 53.3 Å². The minimum absolute atomic E-state index is 0.0512. The van der Waals surface area contributed by atoms with Crippen LogP contribution in [0.2, 0.25) is 5.02 Å². The number of carbonyl (C=O) groups excluding carboxylic acids is 2. The van der Waals surface area contributed by atoms with Gasteiger partial charge >= 0.3 is 0 Å². The number of ether oxygens (including phenoxy) is 2. The Kier molecular flexibility index (Phi) is 7.13. The van der Waals surface area contributed by atoms with Gasteiger partial charge in [-0.15, -0.1) is 0 Å². The molecular weight excluding hydrogens is 428 g/mol. The molecule has 1 fully saturated rings. The van der Waals surface area contributed by atoms with E-state index in [1.165, 1.54) is 0 Å². The molecule has 0 spiro atoms. The number of nitrogens with zero attached hydrogens (tertiary/aromatic N) is 1. The Balaban J connectivity index is 1.17. The smallest absolute Gasteiger partial charge is 0.253 e. The van der Waals surface area contributed by atoms with Gasteiger partial charge in [-0.05, 0) is 43.5 Å². The van der Waals surface area contributed by atoms with Crippen molar-refractivity contribution in [2.75, 3.05) is 26.2 Å². The van der Waals surface area contributed by atoms with Crippen molar-refractivity contribution in [2.45, 2.75) is 44.4 Å². The van der Waals surface area contributed by atoms with Crippen molar-refractivity contribution in [3.05, 3.63) is 64.7 Å². The fraction of sp³-hybridized carbons (Fsp3) is 0.440. The van der Waals surface area contributed by atoms with Gasteiger partial charge in [-0.1, -0.05) is 35.9 Å². The number of rotatable bonds is 7. The van der Waals surface area contributed by atoms with Crippen molar-refractivity contribution in [3.8, 4) is 5.75 Å². The quantitative estimate of drug-likeness (QED) is 0.628. The molecule has 0 aromatic heterocycles. The number of ketones is 1.